The van der Waals surface area contributed by atoms with Crippen LogP contribution in [0.5, 0.6) is 11.5 Å². The Balaban J connectivity index is 2.13. The van der Waals surface area contributed by atoms with Crippen LogP contribution >= 0.6 is 27.5 Å². The molecule has 2 rings (SSSR count). The molecule has 0 saturated heterocycles. The summed E-state index contributed by atoms with van der Waals surface area (Å²) in [6, 6.07) is 11.9. The van der Waals surface area contributed by atoms with Gasteiger partial charge in [-0.05, 0) is 42.3 Å². The summed E-state index contributed by atoms with van der Waals surface area (Å²) in [5.74, 6) is 2.13. The molecule has 4 heteroatoms. The summed E-state index contributed by atoms with van der Waals surface area (Å²) >= 11 is 9.45. The number of methoxy groups -OCH3 is 1. The van der Waals surface area contributed by atoms with E-state index in [4.69, 9.17) is 21.1 Å². The van der Waals surface area contributed by atoms with Crippen LogP contribution in [0.25, 0.3) is 0 Å². The Kier molecular flexibility index (Phi) is 5.32. The summed E-state index contributed by atoms with van der Waals surface area (Å²) in [6.45, 7) is 2.53. The molecule has 0 unspecified atom stereocenters. The van der Waals surface area contributed by atoms with Crippen molar-refractivity contribution in [3.8, 4) is 11.5 Å². The Morgan fingerprint density at radius 2 is 1.85 bits per heavy atom. The zero-order chi connectivity index (χ0) is 14.5. The number of aryl methyl sites for hydroxylation is 1. The van der Waals surface area contributed by atoms with E-state index in [1.54, 1.807) is 7.11 Å². The molecule has 0 bridgehead atoms. The van der Waals surface area contributed by atoms with E-state index >= 15 is 0 Å². The van der Waals surface area contributed by atoms with E-state index in [9.17, 15) is 0 Å². The summed E-state index contributed by atoms with van der Waals surface area (Å²) in [5.41, 5.74) is 3.16. The molecule has 0 amide bonds. The Morgan fingerprint density at radius 1 is 1.15 bits per heavy atom. The average Bonchev–Trinajstić information content (AvgIpc) is 2.46. The van der Waals surface area contributed by atoms with Gasteiger partial charge in [0.25, 0.3) is 0 Å². The highest BCUT2D eigenvalue weighted by atomic mass is 79.9. The second-order valence-corrected chi connectivity index (χ2v) is 5.66. The molecule has 2 nitrogen and oxygen atoms in total. The van der Waals surface area contributed by atoms with Gasteiger partial charge in [0.2, 0.25) is 0 Å². The maximum atomic E-state index is 5.98. The van der Waals surface area contributed by atoms with Crippen molar-refractivity contribution < 1.29 is 9.47 Å². The van der Waals surface area contributed by atoms with Crippen LogP contribution in [0.1, 0.15) is 16.7 Å². The highest BCUT2D eigenvalue weighted by Gasteiger charge is 2.08. The molecule has 0 N–H and O–H groups in total. The van der Waals surface area contributed by atoms with Gasteiger partial charge >= 0.3 is 0 Å². The summed E-state index contributed by atoms with van der Waals surface area (Å²) in [7, 11) is 1.66. The van der Waals surface area contributed by atoms with Crippen molar-refractivity contribution in [3.63, 3.8) is 0 Å². The number of hydrogen-bond acceptors (Lipinski definition) is 2. The van der Waals surface area contributed by atoms with Crippen LogP contribution in [0.2, 0.25) is 0 Å². The van der Waals surface area contributed by atoms with Gasteiger partial charge in [0.1, 0.15) is 18.1 Å². The third-order valence-corrected chi connectivity index (χ3v) is 3.75. The molecule has 0 spiro atoms. The zero-order valence-corrected chi connectivity index (χ0v) is 13.8. The molecular formula is C16H16BrClO2. The zero-order valence-electron chi connectivity index (χ0n) is 11.5. The van der Waals surface area contributed by atoms with Crippen molar-refractivity contribution in [2.75, 3.05) is 7.11 Å². The number of benzene rings is 2. The monoisotopic (exact) mass is 354 g/mol. The summed E-state index contributed by atoms with van der Waals surface area (Å²) in [4.78, 5) is 0. The minimum Gasteiger partial charge on any atom is -0.497 e. The molecule has 0 aliphatic rings. The Hall–Kier alpha value is -1.19. The van der Waals surface area contributed by atoms with E-state index in [0.717, 1.165) is 32.7 Å². The maximum Gasteiger partial charge on any atom is 0.127 e. The van der Waals surface area contributed by atoms with Gasteiger partial charge in [-0.3, -0.25) is 0 Å². The molecule has 2 aromatic carbocycles. The Bertz CT molecular complexity index is 582. The molecule has 20 heavy (non-hydrogen) atoms. The molecule has 106 valence electrons. The number of halogens is 2. The SMILES string of the molecule is COc1ccc(COc2c(C)cc(Br)cc2CCl)cc1. The van der Waals surface area contributed by atoms with Crippen molar-refractivity contribution >= 4 is 27.5 Å². The van der Waals surface area contributed by atoms with E-state index in [1.165, 1.54) is 0 Å². The highest BCUT2D eigenvalue weighted by Crippen LogP contribution is 2.30. The van der Waals surface area contributed by atoms with Crippen LogP contribution in [0.15, 0.2) is 40.9 Å². The summed E-state index contributed by atoms with van der Waals surface area (Å²) in [6.07, 6.45) is 0. The first-order valence-corrected chi connectivity index (χ1v) is 7.57. The van der Waals surface area contributed by atoms with Gasteiger partial charge in [-0.25, -0.2) is 0 Å². The molecule has 0 aromatic heterocycles. The van der Waals surface area contributed by atoms with Crippen molar-refractivity contribution in [2.45, 2.75) is 19.4 Å². The Labute approximate surface area is 132 Å². The highest BCUT2D eigenvalue weighted by molar-refractivity contribution is 9.10. The smallest absolute Gasteiger partial charge is 0.127 e. The van der Waals surface area contributed by atoms with E-state index in [0.29, 0.717) is 12.5 Å². The van der Waals surface area contributed by atoms with Gasteiger partial charge in [0.05, 0.1) is 13.0 Å². The Morgan fingerprint density at radius 3 is 2.45 bits per heavy atom. The van der Waals surface area contributed by atoms with Gasteiger partial charge in [0, 0.05) is 10.0 Å². The van der Waals surface area contributed by atoms with Crippen LogP contribution in [0, 0.1) is 6.92 Å². The first-order chi connectivity index (χ1) is 9.63. The van der Waals surface area contributed by atoms with Crippen molar-refractivity contribution in [1.29, 1.82) is 0 Å². The predicted molar refractivity (Wildman–Crippen MR) is 85.8 cm³/mol. The molecule has 0 atom stereocenters. The van der Waals surface area contributed by atoms with E-state index < -0.39 is 0 Å². The average molecular weight is 356 g/mol. The van der Waals surface area contributed by atoms with Gasteiger partial charge < -0.3 is 9.47 Å². The van der Waals surface area contributed by atoms with E-state index in [-0.39, 0.29) is 0 Å². The molecule has 0 aliphatic carbocycles. The second-order valence-electron chi connectivity index (χ2n) is 4.48. The molecule has 0 aliphatic heterocycles. The lowest BCUT2D eigenvalue weighted by molar-refractivity contribution is 0.301. The van der Waals surface area contributed by atoms with Gasteiger partial charge in [0.15, 0.2) is 0 Å². The second kappa shape index (κ2) is 7.00. The van der Waals surface area contributed by atoms with E-state index in [2.05, 4.69) is 15.9 Å². The molecule has 0 fully saturated rings. The van der Waals surface area contributed by atoms with Gasteiger partial charge in [-0.1, -0.05) is 28.1 Å². The third kappa shape index (κ3) is 3.68. The van der Waals surface area contributed by atoms with Crippen molar-refractivity contribution in [3.05, 3.63) is 57.6 Å². The molecular weight excluding hydrogens is 340 g/mol. The topological polar surface area (TPSA) is 18.5 Å². The quantitative estimate of drug-likeness (QED) is 0.696. The minimum absolute atomic E-state index is 0.429. The maximum absolute atomic E-state index is 5.98. The van der Waals surface area contributed by atoms with Crippen LogP contribution in [0.4, 0.5) is 0 Å². The lowest BCUT2D eigenvalue weighted by Gasteiger charge is -2.14. The van der Waals surface area contributed by atoms with Crippen LogP contribution in [-0.2, 0) is 12.5 Å². The van der Waals surface area contributed by atoms with Gasteiger partial charge in [-0.2, -0.15) is 0 Å². The number of ether oxygens (including phenoxy) is 2. The molecule has 0 radical (unpaired) electrons. The summed E-state index contributed by atoms with van der Waals surface area (Å²) in [5, 5.41) is 0. The normalized spacial score (nSPS) is 10.4. The lowest BCUT2D eigenvalue weighted by Crippen LogP contribution is -2.00. The van der Waals surface area contributed by atoms with Crippen LogP contribution in [0.3, 0.4) is 0 Å². The predicted octanol–water partition coefficient (Wildman–Crippen LogP) is 5.08. The molecule has 2 aromatic rings. The standard InChI is InChI=1S/C16H16BrClO2/c1-11-7-14(17)8-13(9-18)16(11)20-10-12-3-5-15(19-2)6-4-12/h3-8H,9-10H2,1-2H3. The number of hydrogen-bond donors (Lipinski definition) is 0. The first kappa shape index (κ1) is 15.2. The lowest BCUT2D eigenvalue weighted by atomic mass is 10.1. The fraction of sp³-hybridized carbons (Fsp3) is 0.250. The van der Waals surface area contributed by atoms with Crippen molar-refractivity contribution in [1.82, 2.24) is 0 Å². The summed E-state index contributed by atoms with van der Waals surface area (Å²) < 4.78 is 12.1. The number of alkyl halides is 1. The fourth-order valence-electron chi connectivity index (χ4n) is 1.98. The first-order valence-electron chi connectivity index (χ1n) is 6.24. The number of rotatable bonds is 5. The molecule has 0 saturated carbocycles. The van der Waals surface area contributed by atoms with Crippen LogP contribution < -0.4 is 9.47 Å². The molecule has 0 heterocycles. The largest absolute Gasteiger partial charge is 0.497 e. The minimum atomic E-state index is 0.429. The van der Waals surface area contributed by atoms with E-state index in [1.807, 2.05) is 43.3 Å². The van der Waals surface area contributed by atoms with Crippen LogP contribution in [-0.4, -0.2) is 7.11 Å². The van der Waals surface area contributed by atoms with Crippen molar-refractivity contribution in [2.24, 2.45) is 0 Å². The van der Waals surface area contributed by atoms with Gasteiger partial charge in [-0.15, -0.1) is 11.6 Å². The third-order valence-electron chi connectivity index (χ3n) is 3.00. The fourth-order valence-corrected chi connectivity index (χ4v) is 2.80.